The highest BCUT2D eigenvalue weighted by molar-refractivity contribution is 7.90. The Morgan fingerprint density at radius 2 is 1.65 bits per heavy atom. The van der Waals surface area contributed by atoms with E-state index in [-0.39, 0.29) is 16.4 Å². The number of nitrogens with zero attached hydrogens (tertiary/aromatic N) is 4. The molecule has 4 rings (SSSR count). The Morgan fingerprint density at radius 1 is 1.00 bits per heavy atom. The van der Waals surface area contributed by atoms with Gasteiger partial charge in [-0.2, -0.15) is 18.3 Å². The highest BCUT2D eigenvalue weighted by Crippen LogP contribution is 2.31. The number of sulfone groups is 1. The molecule has 2 heterocycles. The molecule has 1 amide bonds. The molecule has 1 saturated heterocycles. The van der Waals surface area contributed by atoms with Crippen molar-refractivity contribution in [2.75, 3.05) is 37.3 Å². The van der Waals surface area contributed by atoms with E-state index in [1.54, 1.807) is 23.4 Å². The fraction of sp³-hybridized carbons (Fsp3) is 0.304. The molecule has 0 N–H and O–H groups in total. The molecule has 3 aromatic rings. The molecular weight excluding hydrogens is 469 g/mol. The van der Waals surface area contributed by atoms with Crippen LogP contribution in [0, 0.1) is 6.92 Å². The van der Waals surface area contributed by atoms with Crippen molar-refractivity contribution in [2.45, 2.75) is 18.0 Å². The van der Waals surface area contributed by atoms with Crippen LogP contribution in [0.25, 0.3) is 5.69 Å². The lowest BCUT2D eigenvalue weighted by Crippen LogP contribution is -2.49. The van der Waals surface area contributed by atoms with Crippen molar-refractivity contribution in [1.29, 1.82) is 0 Å². The van der Waals surface area contributed by atoms with Crippen LogP contribution in [0.2, 0.25) is 0 Å². The van der Waals surface area contributed by atoms with Crippen molar-refractivity contribution >= 4 is 21.4 Å². The van der Waals surface area contributed by atoms with E-state index in [1.807, 2.05) is 11.8 Å². The third-order valence-corrected chi connectivity index (χ3v) is 6.82. The van der Waals surface area contributed by atoms with Crippen molar-refractivity contribution in [1.82, 2.24) is 14.7 Å². The molecular formula is C23H23F3N4O3S. The minimum absolute atomic E-state index is 0.0341. The van der Waals surface area contributed by atoms with Gasteiger partial charge in [0.1, 0.15) is 0 Å². The van der Waals surface area contributed by atoms with Crippen molar-refractivity contribution in [3.05, 3.63) is 71.5 Å². The summed E-state index contributed by atoms with van der Waals surface area (Å²) in [6.07, 6.45) is 0.0719. The van der Waals surface area contributed by atoms with Gasteiger partial charge in [-0.15, -0.1) is 0 Å². The Kier molecular flexibility index (Phi) is 6.15. The predicted octanol–water partition coefficient (Wildman–Crippen LogP) is 3.57. The van der Waals surface area contributed by atoms with Crippen LogP contribution in [-0.2, 0) is 16.0 Å². The van der Waals surface area contributed by atoms with E-state index in [0.29, 0.717) is 37.6 Å². The van der Waals surface area contributed by atoms with E-state index < -0.39 is 21.6 Å². The largest absolute Gasteiger partial charge is 0.416 e. The van der Waals surface area contributed by atoms with Crippen LogP contribution in [0.15, 0.2) is 59.8 Å². The van der Waals surface area contributed by atoms with E-state index in [9.17, 15) is 26.4 Å². The van der Waals surface area contributed by atoms with Crippen LogP contribution >= 0.6 is 0 Å². The fourth-order valence-corrected chi connectivity index (χ4v) is 4.51. The second kappa shape index (κ2) is 8.79. The summed E-state index contributed by atoms with van der Waals surface area (Å²) in [4.78, 5) is 17.0. The summed E-state index contributed by atoms with van der Waals surface area (Å²) in [5.74, 6) is -0.333. The molecule has 180 valence electrons. The van der Waals surface area contributed by atoms with Gasteiger partial charge in [0.25, 0.3) is 5.91 Å². The van der Waals surface area contributed by atoms with E-state index in [4.69, 9.17) is 0 Å². The molecule has 7 nitrogen and oxygen atoms in total. The first-order valence-electron chi connectivity index (χ1n) is 10.5. The van der Waals surface area contributed by atoms with Gasteiger partial charge in [-0.05, 0) is 55.0 Å². The Balaban J connectivity index is 1.55. The molecule has 1 aromatic heterocycles. The zero-order chi connectivity index (χ0) is 24.7. The Labute approximate surface area is 195 Å². The third kappa shape index (κ3) is 4.93. The van der Waals surface area contributed by atoms with Gasteiger partial charge in [-0.1, -0.05) is 0 Å². The van der Waals surface area contributed by atoms with Crippen LogP contribution in [-0.4, -0.2) is 61.4 Å². The molecule has 1 aliphatic rings. The zero-order valence-electron chi connectivity index (χ0n) is 18.6. The van der Waals surface area contributed by atoms with Gasteiger partial charge in [-0.25, -0.2) is 13.1 Å². The topological polar surface area (TPSA) is 75.5 Å². The lowest BCUT2D eigenvalue weighted by atomic mass is 10.1. The van der Waals surface area contributed by atoms with Crippen molar-refractivity contribution < 1.29 is 26.4 Å². The number of aromatic nitrogens is 2. The molecule has 1 aliphatic heterocycles. The number of anilines is 1. The summed E-state index contributed by atoms with van der Waals surface area (Å²) >= 11 is 0. The number of carbonyl (C=O) groups excluding carboxylic acids is 1. The highest BCUT2D eigenvalue weighted by Gasteiger charge is 2.31. The van der Waals surface area contributed by atoms with E-state index in [0.717, 1.165) is 24.0 Å². The van der Waals surface area contributed by atoms with Crippen LogP contribution in [0.1, 0.15) is 21.5 Å². The molecule has 1 fully saturated rings. The number of piperazine rings is 1. The van der Waals surface area contributed by atoms with Gasteiger partial charge in [-0.3, -0.25) is 4.79 Å². The Morgan fingerprint density at radius 3 is 2.18 bits per heavy atom. The second-order valence-corrected chi connectivity index (χ2v) is 10.3. The molecule has 11 heteroatoms. The molecule has 0 bridgehead atoms. The van der Waals surface area contributed by atoms with Gasteiger partial charge in [0.2, 0.25) is 0 Å². The number of alkyl halides is 3. The van der Waals surface area contributed by atoms with E-state index in [2.05, 4.69) is 5.10 Å². The van der Waals surface area contributed by atoms with E-state index in [1.165, 1.54) is 28.9 Å². The van der Waals surface area contributed by atoms with Gasteiger partial charge >= 0.3 is 6.18 Å². The number of aryl methyl sites for hydroxylation is 1. The SMILES string of the molecule is Cc1cnn(-c2ccc(S(C)(=O)=O)cc2C(=O)N2CCN(c3ccc(C(F)(F)F)cc3)CC2)c1. The molecule has 0 radical (unpaired) electrons. The van der Waals surface area contributed by atoms with Gasteiger partial charge in [0.05, 0.1) is 27.9 Å². The number of amides is 1. The lowest BCUT2D eigenvalue weighted by Gasteiger charge is -2.36. The van der Waals surface area contributed by atoms with Crippen molar-refractivity contribution in [3.8, 4) is 5.69 Å². The van der Waals surface area contributed by atoms with Crippen molar-refractivity contribution in [2.24, 2.45) is 0 Å². The molecule has 0 atom stereocenters. The summed E-state index contributed by atoms with van der Waals surface area (Å²) in [7, 11) is -3.53. The molecule has 0 aliphatic carbocycles. The van der Waals surface area contributed by atoms with Crippen LogP contribution in [0.5, 0.6) is 0 Å². The Hall–Kier alpha value is -3.34. The average molecular weight is 493 g/mol. The van der Waals surface area contributed by atoms with Gasteiger partial charge < -0.3 is 9.80 Å². The number of rotatable bonds is 4. The van der Waals surface area contributed by atoms with Crippen LogP contribution < -0.4 is 4.90 Å². The van der Waals surface area contributed by atoms with Gasteiger partial charge in [0.15, 0.2) is 9.84 Å². The first kappa shape index (κ1) is 23.8. The van der Waals surface area contributed by atoms with E-state index >= 15 is 0 Å². The average Bonchev–Trinajstić information content (AvgIpc) is 3.23. The fourth-order valence-electron chi connectivity index (χ4n) is 3.86. The normalized spacial score (nSPS) is 15.0. The van der Waals surface area contributed by atoms with Crippen molar-refractivity contribution in [3.63, 3.8) is 0 Å². The summed E-state index contributed by atoms with van der Waals surface area (Å²) < 4.78 is 64.2. The zero-order valence-corrected chi connectivity index (χ0v) is 19.4. The summed E-state index contributed by atoms with van der Waals surface area (Å²) in [5, 5.41) is 4.25. The molecule has 0 spiro atoms. The first-order valence-corrected chi connectivity index (χ1v) is 12.4. The predicted molar refractivity (Wildman–Crippen MR) is 121 cm³/mol. The summed E-state index contributed by atoms with van der Waals surface area (Å²) in [6, 6.07) is 9.31. The summed E-state index contributed by atoms with van der Waals surface area (Å²) in [6.45, 7) is 3.38. The van der Waals surface area contributed by atoms with Gasteiger partial charge in [0, 0.05) is 44.3 Å². The summed E-state index contributed by atoms with van der Waals surface area (Å²) in [5.41, 5.74) is 1.50. The quantitative estimate of drug-likeness (QED) is 0.557. The maximum atomic E-state index is 13.4. The minimum Gasteiger partial charge on any atom is -0.368 e. The van der Waals surface area contributed by atoms with Crippen LogP contribution in [0.3, 0.4) is 0 Å². The maximum Gasteiger partial charge on any atom is 0.416 e. The highest BCUT2D eigenvalue weighted by atomic mass is 32.2. The molecule has 0 saturated carbocycles. The standard InChI is InChI=1S/C23H23F3N4O3S/c1-16-14-27-30(15-16)21-8-7-19(34(2,32)33)13-20(21)22(31)29-11-9-28(10-12-29)18-5-3-17(4-6-18)23(24,25)26/h3-8,13-15H,9-12H2,1-2H3. The minimum atomic E-state index is -4.39. The monoisotopic (exact) mass is 492 g/mol. The number of hydrogen-bond acceptors (Lipinski definition) is 5. The second-order valence-electron chi connectivity index (χ2n) is 8.24. The maximum absolute atomic E-state index is 13.4. The smallest absolute Gasteiger partial charge is 0.368 e. The number of hydrogen-bond donors (Lipinski definition) is 0. The molecule has 0 unspecified atom stereocenters. The number of carbonyl (C=O) groups is 1. The number of benzene rings is 2. The Bertz CT molecular complexity index is 1310. The van der Waals surface area contributed by atoms with Crippen LogP contribution in [0.4, 0.5) is 18.9 Å². The molecule has 2 aromatic carbocycles. The number of halogens is 3. The third-order valence-electron chi connectivity index (χ3n) is 5.71. The lowest BCUT2D eigenvalue weighted by molar-refractivity contribution is -0.137. The molecule has 34 heavy (non-hydrogen) atoms. The first-order chi connectivity index (χ1) is 15.9.